The molecule has 3 heterocycles. The maximum atomic E-state index is 13.7. The van der Waals surface area contributed by atoms with E-state index in [2.05, 4.69) is 29.5 Å². The van der Waals surface area contributed by atoms with E-state index in [4.69, 9.17) is 4.74 Å². The summed E-state index contributed by atoms with van der Waals surface area (Å²) in [5.74, 6) is -2.14. The number of nitrogens with one attached hydrogen (secondary N) is 3. The number of ketones is 2. The van der Waals surface area contributed by atoms with Crippen LogP contribution in [-0.2, 0) is 19.2 Å². The van der Waals surface area contributed by atoms with Gasteiger partial charge in [-0.3, -0.25) is 24.0 Å². The number of Topliss-reactive ketones (excluding diaryl/α,β-unsaturated/α-hetero) is 2. The van der Waals surface area contributed by atoms with Crippen molar-refractivity contribution in [1.29, 1.82) is 0 Å². The Morgan fingerprint density at radius 3 is 2.65 bits per heavy atom. The zero-order valence-corrected chi connectivity index (χ0v) is 21.4. The number of fused-ring (bicyclic) bond motifs is 2. The molecule has 2 saturated heterocycles. The van der Waals surface area contributed by atoms with Crippen LogP contribution in [0.5, 0.6) is 5.75 Å². The molecule has 5 rings (SSSR count). The van der Waals surface area contributed by atoms with Gasteiger partial charge in [0.25, 0.3) is 5.91 Å². The smallest absolute Gasteiger partial charge is 0.271 e. The molecule has 3 amide bonds. The molecule has 1 aromatic carbocycles. The molecule has 2 aliphatic heterocycles. The Morgan fingerprint density at radius 2 is 2.00 bits per heavy atom. The lowest BCUT2D eigenvalue weighted by atomic mass is 9.93. The third-order valence-electron chi connectivity index (χ3n) is 8.48. The number of piperidine rings is 1. The second kappa shape index (κ2) is 9.00. The van der Waals surface area contributed by atoms with Crippen LogP contribution in [0.15, 0.2) is 24.3 Å². The highest BCUT2D eigenvalue weighted by Crippen LogP contribution is 2.65. The number of nitrogens with zero attached hydrogens (tertiary/aromatic N) is 1. The highest BCUT2D eigenvalue weighted by molar-refractivity contribution is 6.38. The largest absolute Gasteiger partial charge is 0.496 e. The van der Waals surface area contributed by atoms with Crippen molar-refractivity contribution in [3.05, 3.63) is 30.0 Å². The zero-order chi connectivity index (χ0) is 26.6. The number of carbonyl (C=O) groups excluding carboxylic acids is 5. The number of methoxy groups -OCH3 is 1. The van der Waals surface area contributed by atoms with Crippen molar-refractivity contribution < 1.29 is 28.7 Å². The van der Waals surface area contributed by atoms with Gasteiger partial charge in [-0.1, -0.05) is 19.9 Å². The summed E-state index contributed by atoms with van der Waals surface area (Å²) in [6.45, 7) is 6.21. The van der Waals surface area contributed by atoms with Crippen LogP contribution in [0.2, 0.25) is 0 Å². The second-order valence-corrected chi connectivity index (χ2v) is 11.0. The van der Waals surface area contributed by atoms with Crippen LogP contribution in [-0.4, -0.2) is 71.5 Å². The van der Waals surface area contributed by atoms with Gasteiger partial charge in [0.05, 0.1) is 13.2 Å². The predicted octanol–water partition coefficient (Wildman–Crippen LogP) is 1.44. The van der Waals surface area contributed by atoms with Gasteiger partial charge < -0.3 is 25.3 Å². The Labute approximate surface area is 214 Å². The average molecular weight is 509 g/mol. The number of aromatic nitrogens is 1. The minimum Gasteiger partial charge on any atom is -0.496 e. The molecular formula is C27H32N4O6. The minimum absolute atomic E-state index is 0.0515. The van der Waals surface area contributed by atoms with Gasteiger partial charge in [0, 0.05) is 36.8 Å². The number of hydrogen-bond donors (Lipinski definition) is 3. The van der Waals surface area contributed by atoms with E-state index in [1.165, 1.54) is 0 Å². The number of ether oxygens (including phenoxy) is 1. The molecular weight excluding hydrogens is 476 g/mol. The molecule has 0 radical (unpaired) electrons. The number of amides is 3. The van der Waals surface area contributed by atoms with Gasteiger partial charge in [0.1, 0.15) is 17.5 Å². The minimum atomic E-state index is -1.12. The fourth-order valence-corrected chi connectivity index (χ4v) is 6.26. The molecule has 0 spiro atoms. The lowest BCUT2D eigenvalue weighted by molar-refractivity contribution is -0.139. The molecule has 5 atom stereocenters. The van der Waals surface area contributed by atoms with Crippen molar-refractivity contribution in [2.75, 3.05) is 20.2 Å². The van der Waals surface area contributed by atoms with E-state index >= 15 is 0 Å². The molecule has 10 heteroatoms. The molecule has 196 valence electrons. The number of benzene rings is 1. The topological polar surface area (TPSA) is 138 Å². The predicted molar refractivity (Wildman–Crippen MR) is 134 cm³/mol. The first-order valence-electron chi connectivity index (χ1n) is 12.6. The zero-order valence-electron chi connectivity index (χ0n) is 21.4. The summed E-state index contributed by atoms with van der Waals surface area (Å²) in [6.07, 6.45) is 0.585. The average Bonchev–Trinajstić information content (AvgIpc) is 3.38. The summed E-state index contributed by atoms with van der Waals surface area (Å²) in [7, 11) is 1.56. The van der Waals surface area contributed by atoms with Crippen molar-refractivity contribution in [3.63, 3.8) is 0 Å². The van der Waals surface area contributed by atoms with Gasteiger partial charge in [0.15, 0.2) is 5.78 Å². The van der Waals surface area contributed by atoms with Crippen molar-refractivity contribution in [1.82, 2.24) is 20.5 Å². The van der Waals surface area contributed by atoms with Crippen molar-refractivity contribution >= 4 is 40.2 Å². The van der Waals surface area contributed by atoms with Crippen LogP contribution in [0.3, 0.4) is 0 Å². The SMILES string of the molecule is COc1cccc2[nH]c(C(=O)N3CC4C(C3C(=O)NC(CC3CCNC3=O)C(=O)C(C)=O)C4(C)C)cc12. The Balaban J connectivity index is 1.41. The van der Waals surface area contributed by atoms with E-state index in [9.17, 15) is 24.0 Å². The van der Waals surface area contributed by atoms with Crippen LogP contribution in [0.1, 0.15) is 44.1 Å². The number of likely N-dealkylation sites (tertiary alicyclic amines) is 1. The molecule has 3 aliphatic rings. The third-order valence-corrected chi connectivity index (χ3v) is 8.48. The van der Waals surface area contributed by atoms with Gasteiger partial charge in [-0.05, 0) is 48.3 Å². The summed E-state index contributed by atoms with van der Waals surface area (Å²) >= 11 is 0. The number of carbonyl (C=O) groups is 5. The standard InChI is InChI=1S/C27H32N4O6/c1-13(32)23(33)18(10-14-8-9-28-24(14)34)30-25(35)22-21-16(27(21,2)3)12-31(22)26(36)19-11-15-17(29-19)6-5-7-20(15)37-4/h5-7,11,14,16,18,21-22,29H,8-10,12H2,1-4H3,(H,28,34)(H,30,35). The molecule has 10 nitrogen and oxygen atoms in total. The van der Waals surface area contributed by atoms with Crippen molar-refractivity contribution in [2.45, 2.75) is 45.7 Å². The maximum Gasteiger partial charge on any atom is 0.271 e. The van der Waals surface area contributed by atoms with Gasteiger partial charge in [0.2, 0.25) is 17.6 Å². The van der Waals surface area contributed by atoms with E-state index < -0.39 is 35.5 Å². The van der Waals surface area contributed by atoms with Crippen LogP contribution < -0.4 is 15.4 Å². The molecule has 1 aliphatic carbocycles. The molecule has 3 N–H and O–H groups in total. The summed E-state index contributed by atoms with van der Waals surface area (Å²) in [5.41, 5.74) is 0.958. The van der Waals surface area contributed by atoms with Crippen LogP contribution in [0.4, 0.5) is 0 Å². The molecule has 1 aromatic heterocycles. The van der Waals surface area contributed by atoms with E-state index in [0.717, 1.165) is 17.8 Å². The lowest BCUT2D eigenvalue weighted by Gasteiger charge is -2.31. The summed E-state index contributed by atoms with van der Waals surface area (Å²) in [6, 6.07) is 5.30. The quantitative estimate of drug-likeness (QED) is 0.462. The summed E-state index contributed by atoms with van der Waals surface area (Å²) in [4.78, 5) is 68.8. The molecule has 0 bridgehead atoms. The van der Waals surface area contributed by atoms with E-state index in [1.807, 2.05) is 18.2 Å². The van der Waals surface area contributed by atoms with Gasteiger partial charge in [-0.25, -0.2) is 0 Å². The first-order valence-corrected chi connectivity index (χ1v) is 12.6. The molecule has 3 fully saturated rings. The third kappa shape index (κ3) is 4.18. The Hall–Kier alpha value is -3.69. The fraction of sp³-hybridized carbons (Fsp3) is 0.519. The van der Waals surface area contributed by atoms with Crippen LogP contribution in [0.25, 0.3) is 10.9 Å². The van der Waals surface area contributed by atoms with E-state index in [-0.39, 0.29) is 35.5 Å². The van der Waals surface area contributed by atoms with E-state index in [1.54, 1.807) is 18.1 Å². The monoisotopic (exact) mass is 508 g/mol. The molecule has 5 unspecified atom stereocenters. The number of aromatic amines is 1. The highest BCUT2D eigenvalue weighted by Gasteiger charge is 2.69. The molecule has 2 aromatic rings. The molecule has 37 heavy (non-hydrogen) atoms. The first-order chi connectivity index (χ1) is 17.5. The van der Waals surface area contributed by atoms with Crippen molar-refractivity contribution in [3.8, 4) is 5.75 Å². The lowest BCUT2D eigenvalue weighted by Crippen LogP contribution is -2.54. The molecule has 1 saturated carbocycles. The fourth-order valence-electron chi connectivity index (χ4n) is 6.26. The summed E-state index contributed by atoms with van der Waals surface area (Å²) in [5, 5.41) is 6.24. The highest BCUT2D eigenvalue weighted by atomic mass is 16.5. The maximum absolute atomic E-state index is 13.7. The normalized spacial score (nSPS) is 26.4. The van der Waals surface area contributed by atoms with Gasteiger partial charge in [-0.15, -0.1) is 0 Å². The van der Waals surface area contributed by atoms with Gasteiger partial charge in [-0.2, -0.15) is 0 Å². The van der Waals surface area contributed by atoms with Crippen LogP contribution >= 0.6 is 0 Å². The Kier molecular flexibility index (Phi) is 6.08. The Morgan fingerprint density at radius 1 is 1.24 bits per heavy atom. The van der Waals surface area contributed by atoms with E-state index in [0.29, 0.717) is 31.0 Å². The number of hydrogen-bond acceptors (Lipinski definition) is 6. The Bertz CT molecular complexity index is 1310. The van der Waals surface area contributed by atoms with Gasteiger partial charge >= 0.3 is 0 Å². The second-order valence-electron chi connectivity index (χ2n) is 11.0. The van der Waals surface area contributed by atoms with Crippen molar-refractivity contribution in [2.24, 2.45) is 23.2 Å². The van der Waals surface area contributed by atoms with Crippen LogP contribution in [0, 0.1) is 23.2 Å². The number of H-pyrrole nitrogens is 1. The first kappa shape index (κ1) is 25.0. The summed E-state index contributed by atoms with van der Waals surface area (Å²) < 4.78 is 5.41. The number of rotatable bonds is 8.